The molecule has 1 saturated heterocycles. The zero-order valence-corrected chi connectivity index (χ0v) is 11.9. The van der Waals surface area contributed by atoms with E-state index in [1.165, 1.54) is 6.92 Å². The van der Waals surface area contributed by atoms with Crippen LogP contribution in [0.3, 0.4) is 0 Å². The van der Waals surface area contributed by atoms with Gasteiger partial charge in [0.1, 0.15) is 0 Å². The molecule has 8 nitrogen and oxygen atoms in total. The summed E-state index contributed by atoms with van der Waals surface area (Å²) in [5.41, 5.74) is -0.117. The van der Waals surface area contributed by atoms with Gasteiger partial charge in [0.25, 0.3) is 5.91 Å². The van der Waals surface area contributed by atoms with Crippen molar-refractivity contribution in [2.45, 2.75) is 32.3 Å². The highest BCUT2D eigenvalue weighted by Gasteiger charge is 2.35. The first-order valence-electron chi connectivity index (χ1n) is 6.96. The van der Waals surface area contributed by atoms with E-state index in [1.54, 1.807) is 4.90 Å². The second-order valence-corrected chi connectivity index (χ2v) is 5.35. The number of nitrogens with one attached hydrogen (secondary N) is 1. The lowest BCUT2D eigenvalue weighted by Crippen LogP contribution is -2.45. The van der Waals surface area contributed by atoms with Gasteiger partial charge in [0.15, 0.2) is 5.71 Å². The Morgan fingerprint density at radius 2 is 2.05 bits per heavy atom. The number of hydrogen-bond donors (Lipinski definition) is 2. The lowest BCUT2D eigenvalue weighted by molar-refractivity contribution is -0.143. The lowest BCUT2D eigenvalue weighted by Gasteiger charge is -2.32. The third-order valence-electron chi connectivity index (χ3n) is 3.76. The molecule has 0 saturated carbocycles. The molecule has 2 N–H and O–H groups in total. The molecule has 2 rings (SSSR count). The minimum Gasteiger partial charge on any atom is -0.477 e. The maximum absolute atomic E-state index is 12.2. The molecule has 2 heterocycles. The molecule has 0 aromatic carbocycles. The maximum atomic E-state index is 12.2. The Balaban J connectivity index is 1.76. The minimum atomic E-state index is -1.15. The smallest absolute Gasteiger partial charge is 0.353 e. The first-order chi connectivity index (χ1) is 9.97. The van der Waals surface area contributed by atoms with E-state index in [9.17, 15) is 14.4 Å². The van der Waals surface area contributed by atoms with Crippen molar-refractivity contribution >= 4 is 23.5 Å². The van der Waals surface area contributed by atoms with Gasteiger partial charge in [0.05, 0.1) is 0 Å². The first kappa shape index (κ1) is 15.3. The van der Waals surface area contributed by atoms with Gasteiger partial charge in [-0.1, -0.05) is 5.16 Å². The summed E-state index contributed by atoms with van der Waals surface area (Å²) in [5.74, 6) is -1.05. The van der Waals surface area contributed by atoms with E-state index >= 15 is 0 Å². The highest BCUT2D eigenvalue weighted by Crippen LogP contribution is 2.20. The molecule has 2 aliphatic rings. The minimum absolute atomic E-state index is 0.0139. The van der Waals surface area contributed by atoms with Crippen LogP contribution in [-0.4, -0.2) is 59.2 Å². The Bertz CT molecular complexity index is 468. The van der Waals surface area contributed by atoms with Crippen LogP contribution in [0.2, 0.25) is 0 Å². The highest BCUT2D eigenvalue weighted by molar-refractivity contribution is 6.36. The Morgan fingerprint density at radius 3 is 2.57 bits per heavy atom. The van der Waals surface area contributed by atoms with E-state index in [4.69, 9.17) is 9.94 Å². The van der Waals surface area contributed by atoms with Crippen LogP contribution in [-0.2, 0) is 19.2 Å². The zero-order chi connectivity index (χ0) is 15.4. The van der Waals surface area contributed by atoms with Gasteiger partial charge in [-0.25, -0.2) is 4.79 Å². The van der Waals surface area contributed by atoms with E-state index < -0.39 is 12.1 Å². The Morgan fingerprint density at radius 1 is 1.38 bits per heavy atom. The summed E-state index contributed by atoms with van der Waals surface area (Å²) in [5, 5.41) is 15.0. The van der Waals surface area contributed by atoms with Crippen molar-refractivity contribution in [2.75, 3.05) is 19.6 Å². The average Bonchev–Trinajstić information content (AvgIpc) is 2.95. The summed E-state index contributed by atoms with van der Waals surface area (Å²) >= 11 is 0. The quantitative estimate of drug-likeness (QED) is 0.733. The third kappa shape index (κ3) is 3.93. The van der Waals surface area contributed by atoms with E-state index in [0.717, 1.165) is 12.8 Å². The number of likely N-dealkylation sites (tertiary alicyclic amines) is 1. The maximum Gasteiger partial charge on any atom is 0.353 e. The third-order valence-corrected chi connectivity index (χ3v) is 3.76. The Labute approximate surface area is 122 Å². The number of carboxylic acids is 1. The van der Waals surface area contributed by atoms with Crippen LogP contribution in [0, 0.1) is 5.92 Å². The summed E-state index contributed by atoms with van der Waals surface area (Å²) in [6.45, 7) is 3.29. The standard InChI is InChI=1S/C13H19N3O5/c1-8(17)14-7-9-2-4-16(5-3-9)12(18)11-6-10(13(19)20)15-21-11/h9,11H,2-7H2,1H3,(H,14,17)(H,19,20). The zero-order valence-electron chi connectivity index (χ0n) is 11.9. The molecule has 1 unspecified atom stereocenters. The number of hydrogen-bond acceptors (Lipinski definition) is 5. The summed E-state index contributed by atoms with van der Waals surface area (Å²) in [6, 6.07) is 0. The number of piperidine rings is 1. The monoisotopic (exact) mass is 297 g/mol. The van der Waals surface area contributed by atoms with Crippen molar-refractivity contribution in [1.29, 1.82) is 0 Å². The summed E-state index contributed by atoms with van der Waals surface area (Å²) in [4.78, 5) is 40.4. The van der Waals surface area contributed by atoms with E-state index in [-0.39, 0.29) is 23.9 Å². The molecule has 8 heteroatoms. The number of oxime groups is 1. The van der Waals surface area contributed by atoms with Crippen LogP contribution in [0.1, 0.15) is 26.2 Å². The summed E-state index contributed by atoms with van der Waals surface area (Å²) < 4.78 is 0. The SMILES string of the molecule is CC(=O)NCC1CCN(C(=O)C2CC(C(=O)O)=NO2)CC1. The van der Waals surface area contributed by atoms with Crippen LogP contribution in [0.4, 0.5) is 0 Å². The van der Waals surface area contributed by atoms with Crippen molar-refractivity contribution in [2.24, 2.45) is 11.1 Å². The molecule has 116 valence electrons. The van der Waals surface area contributed by atoms with Crippen molar-refractivity contribution in [1.82, 2.24) is 10.2 Å². The highest BCUT2D eigenvalue weighted by atomic mass is 16.6. The van der Waals surface area contributed by atoms with Crippen LogP contribution in [0.15, 0.2) is 5.16 Å². The van der Waals surface area contributed by atoms with Crippen molar-refractivity contribution in [3.63, 3.8) is 0 Å². The molecular formula is C13H19N3O5. The van der Waals surface area contributed by atoms with Crippen molar-refractivity contribution in [3.05, 3.63) is 0 Å². The fraction of sp³-hybridized carbons (Fsp3) is 0.692. The topological polar surface area (TPSA) is 108 Å². The molecule has 0 aromatic heterocycles. The molecule has 0 spiro atoms. The van der Waals surface area contributed by atoms with Gasteiger partial charge in [0.2, 0.25) is 12.0 Å². The van der Waals surface area contributed by atoms with Crippen LogP contribution >= 0.6 is 0 Å². The molecular weight excluding hydrogens is 278 g/mol. The first-order valence-corrected chi connectivity index (χ1v) is 6.96. The van der Waals surface area contributed by atoms with Crippen LogP contribution in [0.25, 0.3) is 0 Å². The largest absolute Gasteiger partial charge is 0.477 e. The predicted molar refractivity (Wildman–Crippen MR) is 72.5 cm³/mol. The number of rotatable bonds is 4. The van der Waals surface area contributed by atoms with Gasteiger partial charge in [-0.3, -0.25) is 9.59 Å². The molecule has 1 fully saturated rings. The molecule has 2 amide bonds. The van der Waals surface area contributed by atoms with Crippen molar-refractivity contribution in [3.8, 4) is 0 Å². The molecule has 0 aliphatic carbocycles. The van der Waals surface area contributed by atoms with E-state index in [1.807, 2.05) is 0 Å². The number of amides is 2. The van der Waals surface area contributed by atoms with Crippen LogP contribution in [0.5, 0.6) is 0 Å². The fourth-order valence-electron chi connectivity index (χ4n) is 2.49. The second-order valence-electron chi connectivity index (χ2n) is 5.35. The molecule has 0 radical (unpaired) electrons. The number of carbonyl (C=O) groups excluding carboxylic acids is 2. The van der Waals surface area contributed by atoms with Gasteiger partial charge < -0.3 is 20.2 Å². The van der Waals surface area contributed by atoms with Gasteiger partial charge in [-0.15, -0.1) is 0 Å². The Hall–Kier alpha value is -2.12. The number of carboxylic acid groups (broad SMARTS) is 1. The predicted octanol–water partition coefficient (Wildman–Crippen LogP) is -0.409. The summed E-state index contributed by atoms with van der Waals surface area (Å²) in [6.07, 6.45) is 0.819. The number of aliphatic carboxylic acids is 1. The van der Waals surface area contributed by atoms with Crippen molar-refractivity contribution < 1.29 is 24.3 Å². The fourth-order valence-corrected chi connectivity index (χ4v) is 2.49. The molecule has 0 bridgehead atoms. The molecule has 21 heavy (non-hydrogen) atoms. The normalized spacial score (nSPS) is 22.4. The lowest BCUT2D eigenvalue weighted by atomic mass is 9.96. The molecule has 1 atom stereocenters. The molecule has 0 aromatic rings. The van der Waals surface area contributed by atoms with Crippen LogP contribution < -0.4 is 5.32 Å². The van der Waals surface area contributed by atoms with Gasteiger partial charge in [-0.05, 0) is 18.8 Å². The van der Waals surface area contributed by atoms with Gasteiger partial charge in [-0.2, -0.15) is 0 Å². The average molecular weight is 297 g/mol. The van der Waals surface area contributed by atoms with Gasteiger partial charge >= 0.3 is 5.97 Å². The van der Waals surface area contributed by atoms with E-state index in [0.29, 0.717) is 25.6 Å². The van der Waals surface area contributed by atoms with Gasteiger partial charge in [0, 0.05) is 33.0 Å². The summed E-state index contributed by atoms with van der Waals surface area (Å²) in [7, 11) is 0. The molecule has 2 aliphatic heterocycles. The number of nitrogens with zero attached hydrogens (tertiary/aromatic N) is 2. The second kappa shape index (κ2) is 6.55. The van der Waals surface area contributed by atoms with E-state index in [2.05, 4.69) is 10.5 Å². The number of carbonyl (C=O) groups is 3. The Kier molecular flexibility index (Phi) is 4.77.